The highest BCUT2D eigenvalue weighted by atomic mass is 16.5. The third kappa shape index (κ3) is 3.33. The van der Waals surface area contributed by atoms with Gasteiger partial charge in [-0.25, -0.2) is 0 Å². The number of likely N-dealkylation sites (tertiary alicyclic amines) is 1. The van der Waals surface area contributed by atoms with Gasteiger partial charge < -0.3 is 14.4 Å². The Labute approximate surface area is 143 Å². The molecule has 0 spiro atoms. The lowest BCUT2D eigenvalue weighted by Gasteiger charge is -2.50. The van der Waals surface area contributed by atoms with Crippen LogP contribution in [0.4, 0.5) is 0 Å². The van der Waals surface area contributed by atoms with Gasteiger partial charge in [0.1, 0.15) is 0 Å². The number of hydrogen-bond acceptors (Lipinski definition) is 4. The third-order valence-corrected chi connectivity index (χ3v) is 5.64. The largest absolute Gasteiger partial charge is 0.380 e. The summed E-state index contributed by atoms with van der Waals surface area (Å²) in [6.45, 7) is 3.92. The highest BCUT2D eigenvalue weighted by molar-refractivity contribution is 5.94. The maximum Gasteiger partial charge on any atom is 0.253 e. The van der Waals surface area contributed by atoms with Crippen molar-refractivity contribution in [2.45, 2.75) is 38.2 Å². The first kappa shape index (κ1) is 16.0. The van der Waals surface area contributed by atoms with Crippen molar-refractivity contribution >= 4 is 5.91 Å². The van der Waals surface area contributed by atoms with Crippen LogP contribution in [-0.4, -0.2) is 54.8 Å². The zero-order valence-electron chi connectivity index (χ0n) is 14.2. The second-order valence-electron chi connectivity index (χ2n) is 7.54. The van der Waals surface area contributed by atoms with E-state index in [1.807, 2.05) is 4.90 Å². The zero-order chi connectivity index (χ0) is 16.4. The molecule has 5 nitrogen and oxygen atoms in total. The lowest BCUT2D eigenvalue weighted by Crippen LogP contribution is -2.58. The van der Waals surface area contributed by atoms with Crippen LogP contribution < -0.4 is 0 Å². The smallest absolute Gasteiger partial charge is 0.253 e. The summed E-state index contributed by atoms with van der Waals surface area (Å²) in [6.07, 6.45) is 9.24. The van der Waals surface area contributed by atoms with Gasteiger partial charge in [0.2, 0.25) is 0 Å². The second-order valence-corrected chi connectivity index (χ2v) is 7.54. The van der Waals surface area contributed by atoms with Gasteiger partial charge in [-0.3, -0.25) is 9.78 Å². The van der Waals surface area contributed by atoms with Gasteiger partial charge in [-0.05, 0) is 50.2 Å². The van der Waals surface area contributed by atoms with E-state index in [0.717, 1.165) is 51.5 Å². The van der Waals surface area contributed by atoms with Crippen molar-refractivity contribution in [3.8, 4) is 0 Å². The van der Waals surface area contributed by atoms with Gasteiger partial charge >= 0.3 is 0 Å². The lowest BCUT2D eigenvalue weighted by molar-refractivity contribution is -0.147. The number of piperidine rings is 1. The van der Waals surface area contributed by atoms with Gasteiger partial charge in [0.15, 0.2) is 0 Å². The highest BCUT2D eigenvalue weighted by Gasteiger charge is 2.47. The first-order chi connectivity index (χ1) is 11.8. The van der Waals surface area contributed by atoms with Crippen molar-refractivity contribution in [2.24, 2.45) is 11.3 Å². The van der Waals surface area contributed by atoms with Crippen molar-refractivity contribution in [3.63, 3.8) is 0 Å². The van der Waals surface area contributed by atoms with Crippen molar-refractivity contribution in [1.29, 1.82) is 0 Å². The normalized spacial score (nSPS) is 30.0. The minimum Gasteiger partial charge on any atom is -0.380 e. The Morgan fingerprint density at radius 2 is 2.17 bits per heavy atom. The minimum absolute atomic E-state index is 0.0337. The molecule has 5 heteroatoms. The molecule has 0 bridgehead atoms. The molecule has 0 N–H and O–H groups in total. The average Bonchev–Trinajstić information content (AvgIpc) is 3.45. The fourth-order valence-electron chi connectivity index (χ4n) is 4.06. The molecule has 0 radical (unpaired) electrons. The zero-order valence-corrected chi connectivity index (χ0v) is 14.2. The first-order valence-corrected chi connectivity index (χ1v) is 9.15. The Balaban J connectivity index is 1.46. The predicted octanol–water partition coefficient (Wildman–Crippen LogP) is 2.52. The van der Waals surface area contributed by atoms with E-state index in [2.05, 4.69) is 4.98 Å². The van der Waals surface area contributed by atoms with Crippen LogP contribution in [-0.2, 0) is 9.47 Å². The van der Waals surface area contributed by atoms with Crippen LogP contribution in [0.5, 0.6) is 0 Å². The maximum absolute atomic E-state index is 12.8. The Hall–Kier alpha value is -1.46. The standard InChI is InChI=1S/C19H26N2O3/c22-18(16-4-8-20-9-5-16)21-10-6-17-19(13-21,7-1-11-24-17)14-23-12-15-2-3-15/h4-5,8-9,15,17H,1-3,6-7,10-14H2/t17-,19+/m1/s1. The van der Waals surface area contributed by atoms with Crippen molar-refractivity contribution in [1.82, 2.24) is 9.88 Å². The number of hydrogen-bond donors (Lipinski definition) is 0. The number of nitrogens with zero attached hydrogens (tertiary/aromatic N) is 2. The molecule has 2 saturated heterocycles. The summed E-state index contributed by atoms with van der Waals surface area (Å²) in [5.41, 5.74) is 0.683. The molecule has 2 aliphatic heterocycles. The highest BCUT2D eigenvalue weighted by Crippen LogP contribution is 2.41. The summed E-state index contributed by atoms with van der Waals surface area (Å²) >= 11 is 0. The van der Waals surface area contributed by atoms with Crippen molar-refractivity contribution in [3.05, 3.63) is 30.1 Å². The second kappa shape index (κ2) is 6.81. The van der Waals surface area contributed by atoms with E-state index in [4.69, 9.17) is 9.47 Å². The number of fused-ring (bicyclic) bond motifs is 1. The number of carbonyl (C=O) groups excluding carboxylic acids is 1. The molecule has 1 saturated carbocycles. The first-order valence-electron chi connectivity index (χ1n) is 9.15. The van der Waals surface area contributed by atoms with Crippen LogP contribution in [0, 0.1) is 11.3 Å². The topological polar surface area (TPSA) is 51.7 Å². The van der Waals surface area contributed by atoms with Crippen molar-refractivity contribution < 1.29 is 14.3 Å². The molecule has 4 rings (SSSR count). The number of pyridine rings is 1. The van der Waals surface area contributed by atoms with Crippen molar-refractivity contribution in [2.75, 3.05) is 32.9 Å². The van der Waals surface area contributed by atoms with Gasteiger partial charge in [0, 0.05) is 49.7 Å². The van der Waals surface area contributed by atoms with Crippen LogP contribution >= 0.6 is 0 Å². The molecule has 2 atom stereocenters. The van der Waals surface area contributed by atoms with Crippen LogP contribution in [0.15, 0.2) is 24.5 Å². The molecule has 0 unspecified atom stereocenters. The summed E-state index contributed by atoms with van der Waals surface area (Å²) in [4.78, 5) is 18.8. The van der Waals surface area contributed by atoms with Gasteiger partial charge in [-0.2, -0.15) is 0 Å². The Morgan fingerprint density at radius 3 is 2.96 bits per heavy atom. The Morgan fingerprint density at radius 1 is 1.33 bits per heavy atom. The quantitative estimate of drug-likeness (QED) is 0.832. The number of amides is 1. The van der Waals surface area contributed by atoms with Crippen LogP contribution in [0.3, 0.4) is 0 Å². The maximum atomic E-state index is 12.8. The van der Waals surface area contributed by atoms with E-state index < -0.39 is 0 Å². The number of rotatable bonds is 5. The molecule has 1 aromatic heterocycles. The molecular formula is C19H26N2O3. The predicted molar refractivity (Wildman–Crippen MR) is 89.7 cm³/mol. The summed E-state index contributed by atoms with van der Waals surface area (Å²) in [7, 11) is 0. The van der Waals surface area contributed by atoms with E-state index in [9.17, 15) is 4.79 Å². The average molecular weight is 330 g/mol. The van der Waals surface area contributed by atoms with Gasteiger partial charge in [0.25, 0.3) is 5.91 Å². The van der Waals surface area contributed by atoms with E-state index >= 15 is 0 Å². The van der Waals surface area contributed by atoms with Crippen LogP contribution in [0.2, 0.25) is 0 Å². The van der Waals surface area contributed by atoms with Gasteiger partial charge in [0.05, 0.1) is 12.7 Å². The molecular weight excluding hydrogens is 304 g/mol. The van der Waals surface area contributed by atoms with E-state index in [0.29, 0.717) is 12.2 Å². The minimum atomic E-state index is -0.0337. The van der Waals surface area contributed by atoms with Gasteiger partial charge in [-0.15, -0.1) is 0 Å². The lowest BCUT2D eigenvalue weighted by atomic mass is 9.73. The SMILES string of the molecule is O=C(c1ccncc1)N1CC[C@H]2OCCC[C@@]2(COCC2CC2)C1. The van der Waals surface area contributed by atoms with Crippen LogP contribution in [0.25, 0.3) is 0 Å². The molecule has 24 heavy (non-hydrogen) atoms. The summed E-state index contributed by atoms with van der Waals surface area (Å²) in [6, 6.07) is 3.59. The fourth-order valence-corrected chi connectivity index (χ4v) is 4.06. The summed E-state index contributed by atoms with van der Waals surface area (Å²) in [5, 5.41) is 0. The van der Waals surface area contributed by atoms with E-state index in [1.54, 1.807) is 24.5 Å². The molecule has 130 valence electrons. The monoisotopic (exact) mass is 330 g/mol. The summed E-state index contributed by atoms with van der Waals surface area (Å²) < 4.78 is 12.1. The molecule has 1 aromatic rings. The molecule has 3 fully saturated rings. The number of carbonyl (C=O) groups is 1. The fraction of sp³-hybridized carbons (Fsp3) is 0.684. The van der Waals surface area contributed by atoms with Crippen LogP contribution in [0.1, 0.15) is 42.5 Å². The third-order valence-electron chi connectivity index (χ3n) is 5.64. The van der Waals surface area contributed by atoms with E-state index in [-0.39, 0.29) is 17.4 Å². The molecule has 0 aromatic carbocycles. The number of ether oxygens (including phenoxy) is 2. The van der Waals surface area contributed by atoms with Gasteiger partial charge in [-0.1, -0.05) is 0 Å². The molecule has 1 amide bonds. The number of aromatic nitrogens is 1. The summed E-state index contributed by atoms with van der Waals surface area (Å²) in [5.74, 6) is 0.866. The Bertz CT molecular complexity index is 575. The molecule has 3 heterocycles. The van der Waals surface area contributed by atoms with E-state index in [1.165, 1.54) is 12.8 Å². The molecule has 1 aliphatic carbocycles. The Kier molecular flexibility index (Phi) is 4.55. The molecule has 3 aliphatic rings.